The molecule has 1 heterocycles. The van der Waals surface area contributed by atoms with Crippen LogP contribution in [-0.4, -0.2) is 17.4 Å². The van der Waals surface area contributed by atoms with E-state index >= 15 is 0 Å². The molecule has 130 valence electrons. The van der Waals surface area contributed by atoms with Crippen LogP contribution in [0.1, 0.15) is 71.4 Å². The summed E-state index contributed by atoms with van der Waals surface area (Å²) in [6, 6.07) is 9.29. The van der Waals surface area contributed by atoms with Gasteiger partial charge < -0.3 is 0 Å². The second-order valence-electron chi connectivity index (χ2n) is 8.77. The van der Waals surface area contributed by atoms with Gasteiger partial charge in [0.05, 0.1) is 0 Å². The summed E-state index contributed by atoms with van der Waals surface area (Å²) in [5.41, 5.74) is 3.56. The number of benzene rings is 1. The molecule has 1 aliphatic heterocycles. The molecule has 1 saturated heterocycles. The smallest absolute Gasteiger partial charge is 0.0143 e. The van der Waals surface area contributed by atoms with Crippen LogP contribution < -0.4 is 0 Å². The van der Waals surface area contributed by atoms with Crippen LogP contribution in [0.25, 0.3) is 0 Å². The first kappa shape index (κ1) is 19.2. The Kier molecular flexibility index (Phi) is 6.19. The standard InChI is InChI=1S/C20H33NS2/c1-15(2)16-7-9-17(10-8-16)19(3,4)11-12-20(5,6)18-13-21(14-18)23-22/h7-10,15,18,22H,11-14H2,1-6H3. The molecule has 1 aromatic carbocycles. The first-order valence-corrected chi connectivity index (χ1v) is 10.7. The predicted molar refractivity (Wildman–Crippen MR) is 108 cm³/mol. The van der Waals surface area contributed by atoms with Crippen LogP contribution in [0, 0.1) is 11.3 Å². The lowest BCUT2D eigenvalue weighted by atomic mass is 9.68. The molecule has 0 atom stereocenters. The molecule has 23 heavy (non-hydrogen) atoms. The van der Waals surface area contributed by atoms with Gasteiger partial charge in [-0.2, -0.15) is 0 Å². The first-order valence-electron chi connectivity index (χ1n) is 8.82. The molecule has 0 radical (unpaired) electrons. The lowest BCUT2D eigenvalue weighted by Gasteiger charge is -2.47. The van der Waals surface area contributed by atoms with Crippen molar-refractivity contribution in [2.45, 2.75) is 65.7 Å². The van der Waals surface area contributed by atoms with E-state index in [1.807, 2.05) is 0 Å². The molecule has 0 saturated carbocycles. The van der Waals surface area contributed by atoms with E-state index in [9.17, 15) is 0 Å². The summed E-state index contributed by atoms with van der Waals surface area (Å²) in [5.74, 6) is 1.42. The van der Waals surface area contributed by atoms with Crippen LogP contribution >= 0.6 is 22.6 Å². The number of thiol groups is 1. The molecule has 0 aromatic heterocycles. The highest BCUT2D eigenvalue weighted by Gasteiger charge is 2.39. The molecule has 0 amide bonds. The van der Waals surface area contributed by atoms with Gasteiger partial charge in [-0.15, -0.1) is 0 Å². The predicted octanol–water partition coefficient (Wildman–Crippen LogP) is 6.32. The fourth-order valence-electron chi connectivity index (χ4n) is 3.30. The van der Waals surface area contributed by atoms with Gasteiger partial charge in [-0.25, -0.2) is 4.31 Å². The van der Waals surface area contributed by atoms with Crippen LogP contribution in [-0.2, 0) is 5.41 Å². The van der Waals surface area contributed by atoms with Gasteiger partial charge in [-0.1, -0.05) is 77.5 Å². The Balaban J connectivity index is 1.95. The minimum atomic E-state index is 0.245. The van der Waals surface area contributed by atoms with Gasteiger partial charge in [0.2, 0.25) is 0 Å². The van der Waals surface area contributed by atoms with E-state index in [2.05, 4.69) is 81.8 Å². The van der Waals surface area contributed by atoms with Crippen molar-refractivity contribution < 1.29 is 0 Å². The molecule has 3 heteroatoms. The van der Waals surface area contributed by atoms with Crippen LogP contribution in [0.15, 0.2) is 24.3 Å². The number of hydrogen-bond acceptors (Lipinski definition) is 3. The number of nitrogens with zero attached hydrogens (tertiary/aromatic N) is 1. The van der Waals surface area contributed by atoms with Crippen molar-refractivity contribution in [2.24, 2.45) is 11.3 Å². The molecule has 0 aliphatic carbocycles. The Morgan fingerprint density at radius 2 is 1.65 bits per heavy atom. The molecule has 1 nitrogen and oxygen atoms in total. The SMILES string of the molecule is CC(C)c1ccc(C(C)(C)CCC(C)(C)C2CN(SS)C2)cc1. The highest BCUT2D eigenvalue weighted by molar-refractivity contribution is 8.67. The van der Waals surface area contributed by atoms with Crippen molar-refractivity contribution in [3.63, 3.8) is 0 Å². The second kappa shape index (κ2) is 7.41. The number of hydrogen-bond donors (Lipinski definition) is 1. The topological polar surface area (TPSA) is 3.24 Å². The maximum Gasteiger partial charge on any atom is 0.0143 e. The van der Waals surface area contributed by atoms with Crippen LogP contribution in [0.4, 0.5) is 0 Å². The molecule has 0 spiro atoms. The number of rotatable bonds is 7. The van der Waals surface area contributed by atoms with E-state index in [0.717, 1.165) is 5.92 Å². The third kappa shape index (κ3) is 4.70. The van der Waals surface area contributed by atoms with Gasteiger partial charge in [0.1, 0.15) is 0 Å². The van der Waals surface area contributed by atoms with Crippen molar-refractivity contribution in [1.29, 1.82) is 0 Å². The van der Waals surface area contributed by atoms with E-state index in [1.165, 1.54) is 37.1 Å². The molecule has 0 unspecified atom stereocenters. The fraction of sp³-hybridized carbons (Fsp3) is 0.700. The van der Waals surface area contributed by atoms with Crippen molar-refractivity contribution in [1.82, 2.24) is 4.31 Å². The van der Waals surface area contributed by atoms with E-state index in [0.29, 0.717) is 11.3 Å². The Bertz CT molecular complexity index is 499. The summed E-state index contributed by atoms with van der Waals surface area (Å²) in [6.07, 6.45) is 2.52. The van der Waals surface area contributed by atoms with Crippen molar-refractivity contribution in [3.05, 3.63) is 35.4 Å². The second-order valence-corrected chi connectivity index (χ2v) is 9.94. The maximum absolute atomic E-state index is 4.29. The molecule has 0 N–H and O–H groups in total. The van der Waals surface area contributed by atoms with Gasteiger partial charge in [-0.3, -0.25) is 0 Å². The van der Waals surface area contributed by atoms with Gasteiger partial charge in [0.25, 0.3) is 0 Å². The zero-order valence-corrected chi connectivity index (χ0v) is 17.3. The maximum atomic E-state index is 4.29. The lowest BCUT2D eigenvalue weighted by molar-refractivity contribution is 0.0692. The molecule has 0 bridgehead atoms. The first-order chi connectivity index (χ1) is 10.7. The largest absolute Gasteiger partial charge is 0.241 e. The van der Waals surface area contributed by atoms with Crippen LogP contribution in [0.2, 0.25) is 0 Å². The molecule has 2 rings (SSSR count). The highest BCUT2D eigenvalue weighted by Crippen LogP contribution is 2.43. The van der Waals surface area contributed by atoms with Crippen LogP contribution in [0.5, 0.6) is 0 Å². The Hall–Kier alpha value is -0.120. The molecule has 1 aliphatic rings. The summed E-state index contributed by atoms with van der Waals surface area (Å²) in [7, 11) is 1.58. The summed E-state index contributed by atoms with van der Waals surface area (Å²) in [5, 5.41) is 0. The third-order valence-electron chi connectivity index (χ3n) is 5.82. The third-order valence-corrected chi connectivity index (χ3v) is 7.04. The Labute approximate surface area is 152 Å². The summed E-state index contributed by atoms with van der Waals surface area (Å²) in [4.78, 5) is 0. The minimum Gasteiger partial charge on any atom is -0.241 e. The Morgan fingerprint density at radius 3 is 2.13 bits per heavy atom. The molecular formula is C20H33NS2. The fourth-order valence-corrected chi connectivity index (χ4v) is 4.19. The summed E-state index contributed by atoms with van der Waals surface area (Å²) >= 11 is 4.29. The lowest BCUT2D eigenvalue weighted by Crippen LogP contribution is -2.49. The van der Waals surface area contributed by atoms with Gasteiger partial charge in [0, 0.05) is 13.1 Å². The molecule has 1 aromatic rings. The summed E-state index contributed by atoms with van der Waals surface area (Å²) in [6.45, 7) is 16.6. The highest BCUT2D eigenvalue weighted by atomic mass is 33.1. The van der Waals surface area contributed by atoms with Crippen molar-refractivity contribution in [2.75, 3.05) is 13.1 Å². The minimum absolute atomic E-state index is 0.245. The van der Waals surface area contributed by atoms with Gasteiger partial charge in [0.15, 0.2) is 0 Å². The monoisotopic (exact) mass is 351 g/mol. The van der Waals surface area contributed by atoms with E-state index < -0.39 is 0 Å². The average Bonchev–Trinajstić information content (AvgIpc) is 2.44. The van der Waals surface area contributed by atoms with Crippen molar-refractivity contribution >= 4 is 22.6 Å². The quantitative estimate of drug-likeness (QED) is 0.348. The van der Waals surface area contributed by atoms with Crippen molar-refractivity contribution in [3.8, 4) is 0 Å². The van der Waals surface area contributed by atoms with Crippen LogP contribution in [0.3, 0.4) is 0 Å². The normalized spacial score (nSPS) is 17.6. The zero-order valence-electron chi connectivity index (χ0n) is 15.6. The van der Waals surface area contributed by atoms with E-state index in [4.69, 9.17) is 0 Å². The zero-order chi connectivity index (χ0) is 17.3. The van der Waals surface area contributed by atoms with E-state index in [1.54, 1.807) is 11.0 Å². The molecule has 1 fully saturated rings. The Morgan fingerprint density at radius 1 is 1.09 bits per heavy atom. The van der Waals surface area contributed by atoms with Gasteiger partial charge in [-0.05, 0) is 57.6 Å². The molecular weight excluding hydrogens is 318 g/mol. The van der Waals surface area contributed by atoms with E-state index in [-0.39, 0.29) is 5.41 Å². The summed E-state index contributed by atoms with van der Waals surface area (Å²) < 4.78 is 2.34. The average molecular weight is 352 g/mol. The van der Waals surface area contributed by atoms with Gasteiger partial charge >= 0.3 is 0 Å².